The van der Waals surface area contributed by atoms with Crippen molar-refractivity contribution in [1.82, 2.24) is 5.32 Å². The molecular weight excluding hydrogens is 540 g/mol. The predicted molar refractivity (Wildman–Crippen MR) is 175 cm³/mol. The number of carbonyl (C=O) groups excluding carboxylic acids is 3. The van der Waals surface area contributed by atoms with Gasteiger partial charge >= 0.3 is 0 Å². The van der Waals surface area contributed by atoms with Crippen LogP contribution in [-0.4, -0.2) is 48.9 Å². The number of hydrogen-bond donors (Lipinski definition) is 5. The lowest BCUT2D eigenvalue weighted by Gasteiger charge is -2.24. The molecule has 4 atom stereocenters. The Morgan fingerprint density at radius 2 is 1.21 bits per heavy atom. The second kappa shape index (κ2) is 15.9. The van der Waals surface area contributed by atoms with Gasteiger partial charge in [-0.05, 0) is 106 Å². The predicted octanol–water partition coefficient (Wildman–Crippen LogP) is 4.18. The summed E-state index contributed by atoms with van der Waals surface area (Å²) in [6, 6.07) is 22.3. The van der Waals surface area contributed by atoms with Crippen LogP contribution < -0.4 is 32.3 Å². The van der Waals surface area contributed by atoms with E-state index < -0.39 is 18.1 Å². The standard InChI is InChI=1S/C34H46N6O3/c1-6-40(7-2)31-16-10-13-27(21-31)28(17-25-11-8-14-29(19-25)38-33(42)23(4)36)18-26-12-9-15-30(20-26)39-34(43)24(5)37-32(41)22(3)35/h8-16,19-24,28H,6-7,17-18,35-36H2,1-5H3,(H,37,41)(H,38,42)(H,39,43)/t22-,23-,24-,28?/m0/s1. The van der Waals surface area contributed by atoms with E-state index in [1.165, 1.54) is 11.3 Å². The molecule has 0 bridgehead atoms. The molecule has 3 amide bonds. The molecule has 1 unspecified atom stereocenters. The van der Waals surface area contributed by atoms with Crippen LogP contribution in [0.25, 0.3) is 0 Å². The molecule has 0 aliphatic rings. The number of nitrogens with zero attached hydrogens (tertiary/aromatic N) is 1. The zero-order valence-electron chi connectivity index (χ0n) is 25.9. The quantitative estimate of drug-likeness (QED) is 0.192. The van der Waals surface area contributed by atoms with E-state index in [4.69, 9.17) is 11.5 Å². The minimum Gasteiger partial charge on any atom is -0.372 e. The van der Waals surface area contributed by atoms with Crippen molar-refractivity contribution in [3.05, 3.63) is 89.5 Å². The molecule has 0 aliphatic heterocycles. The van der Waals surface area contributed by atoms with E-state index in [2.05, 4.69) is 71.1 Å². The van der Waals surface area contributed by atoms with Gasteiger partial charge in [0.1, 0.15) is 6.04 Å². The zero-order chi connectivity index (χ0) is 31.5. The third kappa shape index (κ3) is 9.94. The highest BCUT2D eigenvalue weighted by Crippen LogP contribution is 2.30. The number of anilines is 3. The Bertz CT molecular complexity index is 1390. The SMILES string of the molecule is CCN(CC)c1cccc(C(Cc2cccc(NC(=O)[C@H](C)N)c2)Cc2cccc(NC(=O)[C@H](C)NC(=O)[C@H](C)N)c2)c1. The number of nitrogens with one attached hydrogen (secondary N) is 3. The summed E-state index contributed by atoms with van der Waals surface area (Å²) >= 11 is 0. The summed E-state index contributed by atoms with van der Waals surface area (Å²) in [7, 11) is 0. The van der Waals surface area contributed by atoms with Crippen molar-refractivity contribution in [2.24, 2.45) is 11.5 Å². The zero-order valence-corrected chi connectivity index (χ0v) is 25.9. The molecule has 0 aliphatic carbocycles. The van der Waals surface area contributed by atoms with Crippen molar-refractivity contribution >= 4 is 34.8 Å². The summed E-state index contributed by atoms with van der Waals surface area (Å²) in [4.78, 5) is 39.2. The summed E-state index contributed by atoms with van der Waals surface area (Å²) in [5.41, 5.74) is 17.3. The Hall–Kier alpha value is -4.21. The third-order valence-electron chi connectivity index (χ3n) is 7.40. The van der Waals surface area contributed by atoms with Crippen LogP contribution in [0.4, 0.5) is 17.1 Å². The van der Waals surface area contributed by atoms with Gasteiger partial charge in [-0.2, -0.15) is 0 Å². The minimum absolute atomic E-state index is 0.116. The molecule has 3 rings (SSSR count). The third-order valence-corrected chi connectivity index (χ3v) is 7.40. The second-order valence-electron chi connectivity index (χ2n) is 11.1. The lowest BCUT2D eigenvalue weighted by atomic mass is 9.86. The average molecular weight is 587 g/mol. The fourth-order valence-electron chi connectivity index (χ4n) is 4.91. The molecule has 0 radical (unpaired) electrons. The van der Waals surface area contributed by atoms with Crippen molar-refractivity contribution in [1.29, 1.82) is 0 Å². The molecule has 43 heavy (non-hydrogen) atoms. The molecule has 0 aromatic heterocycles. The van der Waals surface area contributed by atoms with Gasteiger partial charge in [0.25, 0.3) is 0 Å². The summed E-state index contributed by atoms with van der Waals surface area (Å²) in [6.45, 7) is 11.0. The van der Waals surface area contributed by atoms with Gasteiger partial charge in [0.15, 0.2) is 0 Å². The van der Waals surface area contributed by atoms with E-state index >= 15 is 0 Å². The fourth-order valence-corrected chi connectivity index (χ4v) is 4.91. The Labute approximate surface area is 255 Å². The molecule has 3 aromatic carbocycles. The molecule has 230 valence electrons. The summed E-state index contributed by atoms with van der Waals surface area (Å²) in [5.74, 6) is -0.816. The normalized spacial score (nSPS) is 13.7. The lowest BCUT2D eigenvalue weighted by Crippen LogP contribution is -2.47. The number of benzene rings is 3. The van der Waals surface area contributed by atoms with E-state index in [0.29, 0.717) is 11.4 Å². The van der Waals surface area contributed by atoms with Gasteiger partial charge in [-0.3, -0.25) is 14.4 Å². The largest absolute Gasteiger partial charge is 0.372 e. The first-order valence-corrected chi connectivity index (χ1v) is 15.0. The summed E-state index contributed by atoms with van der Waals surface area (Å²) < 4.78 is 0. The van der Waals surface area contributed by atoms with Crippen LogP contribution in [0, 0.1) is 0 Å². The van der Waals surface area contributed by atoms with E-state index in [9.17, 15) is 14.4 Å². The molecule has 9 heteroatoms. The van der Waals surface area contributed by atoms with E-state index in [0.717, 1.165) is 37.1 Å². The Morgan fingerprint density at radius 1 is 0.698 bits per heavy atom. The Balaban J connectivity index is 1.88. The van der Waals surface area contributed by atoms with E-state index in [1.54, 1.807) is 20.8 Å². The maximum atomic E-state index is 12.8. The highest BCUT2D eigenvalue weighted by atomic mass is 16.2. The molecule has 3 aromatic rings. The molecule has 0 saturated heterocycles. The molecule has 7 N–H and O–H groups in total. The Morgan fingerprint density at radius 3 is 1.72 bits per heavy atom. The van der Waals surface area contributed by atoms with Crippen molar-refractivity contribution in [2.45, 2.75) is 71.5 Å². The minimum atomic E-state index is -0.729. The van der Waals surface area contributed by atoms with Crippen LogP contribution in [-0.2, 0) is 27.2 Å². The van der Waals surface area contributed by atoms with Crippen LogP contribution in [0.3, 0.4) is 0 Å². The van der Waals surface area contributed by atoms with Crippen molar-refractivity contribution in [3.63, 3.8) is 0 Å². The van der Waals surface area contributed by atoms with Gasteiger partial charge in [0, 0.05) is 30.2 Å². The number of rotatable bonds is 14. The number of amides is 3. The van der Waals surface area contributed by atoms with Crippen LogP contribution in [0.2, 0.25) is 0 Å². The first kappa shape index (κ1) is 33.3. The van der Waals surface area contributed by atoms with Gasteiger partial charge < -0.3 is 32.3 Å². The Kier molecular flexibility index (Phi) is 12.3. The van der Waals surface area contributed by atoms with Crippen LogP contribution in [0.15, 0.2) is 72.8 Å². The van der Waals surface area contributed by atoms with Crippen molar-refractivity contribution in [2.75, 3.05) is 28.6 Å². The topological polar surface area (TPSA) is 143 Å². The molecule has 9 nitrogen and oxygen atoms in total. The first-order chi connectivity index (χ1) is 20.5. The van der Waals surface area contributed by atoms with Crippen LogP contribution in [0.5, 0.6) is 0 Å². The average Bonchev–Trinajstić information content (AvgIpc) is 2.98. The maximum Gasteiger partial charge on any atom is 0.246 e. The molecule has 0 saturated carbocycles. The summed E-state index contributed by atoms with van der Waals surface area (Å²) in [5, 5.41) is 8.43. The fraction of sp³-hybridized carbons (Fsp3) is 0.382. The van der Waals surface area contributed by atoms with Crippen LogP contribution in [0.1, 0.15) is 57.2 Å². The van der Waals surface area contributed by atoms with Crippen LogP contribution >= 0.6 is 0 Å². The number of hydrogen-bond acceptors (Lipinski definition) is 6. The number of carbonyl (C=O) groups is 3. The van der Waals surface area contributed by atoms with Gasteiger partial charge in [-0.1, -0.05) is 36.4 Å². The summed E-state index contributed by atoms with van der Waals surface area (Å²) in [6.07, 6.45) is 1.46. The van der Waals surface area contributed by atoms with Gasteiger partial charge in [-0.25, -0.2) is 0 Å². The lowest BCUT2D eigenvalue weighted by molar-refractivity contribution is -0.126. The first-order valence-electron chi connectivity index (χ1n) is 15.0. The number of nitrogens with two attached hydrogens (primary N) is 2. The monoisotopic (exact) mass is 586 g/mol. The van der Waals surface area contributed by atoms with Gasteiger partial charge in [0.2, 0.25) is 17.7 Å². The molecule has 0 fully saturated rings. The molecule has 0 spiro atoms. The van der Waals surface area contributed by atoms with Crippen molar-refractivity contribution in [3.8, 4) is 0 Å². The molecule has 0 heterocycles. The van der Waals surface area contributed by atoms with E-state index in [-0.39, 0.29) is 23.6 Å². The molecular formula is C34H46N6O3. The smallest absolute Gasteiger partial charge is 0.246 e. The van der Waals surface area contributed by atoms with E-state index in [1.807, 2.05) is 36.4 Å². The second-order valence-corrected chi connectivity index (χ2v) is 11.1. The maximum absolute atomic E-state index is 12.8. The van der Waals surface area contributed by atoms with Gasteiger partial charge in [-0.15, -0.1) is 0 Å². The van der Waals surface area contributed by atoms with Crippen molar-refractivity contribution < 1.29 is 14.4 Å². The highest BCUT2D eigenvalue weighted by Gasteiger charge is 2.19. The highest BCUT2D eigenvalue weighted by molar-refractivity contribution is 5.97. The van der Waals surface area contributed by atoms with Gasteiger partial charge in [0.05, 0.1) is 12.1 Å².